The van der Waals surface area contributed by atoms with Gasteiger partial charge in [-0.15, -0.1) is 11.3 Å². The average Bonchev–Trinajstić information content (AvgIpc) is 3.36. The van der Waals surface area contributed by atoms with Gasteiger partial charge in [0.25, 0.3) is 0 Å². The van der Waals surface area contributed by atoms with Gasteiger partial charge in [0, 0.05) is 37.7 Å². The molecule has 1 amide bonds. The molecule has 3 rings (SSSR count). The summed E-state index contributed by atoms with van der Waals surface area (Å²) in [6.07, 6.45) is 4.03. The van der Waals surface area contributed by atoms with Crippen LogP contribution in [0.1, 0.15) is 37.5 Å². The molecule has 2 aliphatic heterocycles. The molecule has 7 heteroatoms. The van der Waals surface area contributed by atoms with E-state index < -0.39 is 0 Å². The highest BCUT2D eigenvalue weighted by molar-refractivity contribution is 7.09. The molecule has 2 atom stereocenters. The number of hydrogen-bond donors (Lipinski definition) is 0. The SMILES string of the molecule is CCOC(=O)C1CCCN(C(=O)CN(Cc2cccs2)CC2CCCO2)C1. The molecule has 27 heavy (non-hydrogen) atoms. The van der Waals surface area contributed by atoms with Gasteiger partial charge in [0.05, 0.1) is 25.2 Å². The topological polar surface area (TPSA) is 59.1 Å². The molecule has 0 aromatic carbocycles. The Balaban J connectivity index is 1.57. The molecule has 0 radical (unpaired) electrons. The van der Waals surface area contributed by atoms with E-state index in [1.165, 1.54) is 4.88 Å². The molecule has 0 saturated carbocycles. The van der Waals surface area contributed by atoms with E-state index >= 15 is 0 Å². The number of esters is 1. The van der Waals surface area contributed by atoms with Gasteiger partial charge in [-0.1, -0.05) is 6.07 Å². The summed E-state index contributed by atoms with van der Waals surface area (Å²) in [7, 11) is 0. The fourth-order valence-electron chi connectivity index (χ4n) is 3.83. The van der Waals surface area contributed by atoms with Crippen LogP contribution in [0.4, 0.5) is 0 Å². The standard InChI is InChI=1S/C20H30N2O4S/c1-2-25-20(24)16-6-3-9-22(12-16)19(23)15-21(13-17-7-4-10-26-17)14-18-8-5-11-27-18/h5,8,11,16-17H,2-4,6-7,9-10,12-15H2,1H3. The first-order valence-electron chi connectivity index (χ1n) is 9.96. The number of carbonyl (C=O) groups is 2. The van der Waals surface area contributed by atoms with Crippen LogP contribution in [0.5, 0.6) is 0 Å². The van der Waals surface area contributed by atoms with Gasteiger partial charge in [0.15, 0.2) is 0 Å². The van der Waals surface area contributed by atoms with E-state index in [1.54, 1.807) is 11.3 Å². The Kier molecular flexibility index (Phi) is 7.67. The molecule has 0 aliphatic carbocycles. The molecule has 1 aromatic rings. The minimum atomic E-state index is -0.188. The third-order valence-corrected chi connectivity index (χ3v) is 6.06. The van der Waals surface area contributed by atoms with Gasteiger partial charge < -0.3 is 14.4 Å². The van der Waals surface area contributed by atoms with E-state index in [0.717, 1.165) is 51.9 Å². The predicted molar refractivity (Wildman–Crippen MR) is 105 cm³/mol. The molecule has 2 fully saturated rings. The van der Waals surface area contributed by atoms with Crippen LogP contribution in [0.2, 0.25) is 0 Å². The van der Waals surface area contributed by atoms with E-state index in [0.29, 0.717) is 19.7 Å². The molecule has 150 valence electrons. The zero-order chi connectivity index (χ0) is 19.1. The van der Waals surface area contributed by atoms with Gasteiger partial charge in [0.1, 0.15) is 0 Å². The number of hydrogen-bond acceptors (Lipinski definition) is 6. The summed E-state index contributed by atoms with van der Waals surface area (Å²) in [5.74, 6) is -0.269. The first-order valence-corrected chi connectivity index (χ1v) is 10.8. The van der Waals surface area contributed by atoms with Crippen molar-refractivity contribution in [1.29, 1.82) is 0 Å². The number of nitrogens with zero attached hydrogens (tertiary/aromatic N) is 2. The Morgan fingerprint density at radius 3 is 2.96 bits per heavy atom. The molecule has 0 bridgehead atoms. The second kappa shape index (κ2) is 10.2. The molecule has 1 aromatic heterocycles. The molecule has 3 heterocycles. The van der Waals surface area contributed by atoms with Gasteiger partial charge in [-0.3, -0.25) is 14.5 Å². The highest BCUT2D eigenvalue weighted by Crippen LogP contribution is 2.20. The van der Waals surface area contributed by atoms with Crippen molar-refractivity contribution in [2.75, 3.05) is 39.4 Å². The normalized spacial score (nSPS) is 23.0. The maximum Gasteiger partial charge on any atom is 0.310 e. The number of likely N-dealkylation sites (tertiary alicyclic amines) is 1. The van der Waals surface area contributed by atoms with Crippen LogP contribution in [0.25, 0.3) is 0 Å². The van der Waals surface area contributed by atoms with Crippen LogP contribution >= 0.6 is 11.3 Å². The summed E-state index contributed by atoms with van der Waals surface area (Å²) in [6, 6.07) is 4.15. The van der Waals surface area contributed by atoms with Crippen molar-refractivity contribution in [3.63, 3.8) is 0 Å². The van der Waals surface area contributed by atoms with Gasteiger partial charge >= 0.3 is 5.97 Å². The molecule has 0 spiro atoms. The van der Waals surface area contributed by atoms with Crippen molar-refractivity contribution in [3.05, 3.63) is 22.4 Å². The van der Waals surface area contributed by atoms with E-state index in [2.05, 4.69) is 16.3 Å². The number of thiophene rings is 1. The van der Waals surface area contributed by atoms with Crippen LogP contribution in [0, 0.1) is 5.92 Å². The van der Waals surface area contributed by atoms with Crippen molar-refractivity contribution in [2.45, 2.75) is 45.3 Å². The lowest BCUT2D eigenvalue weighted by molar-refractivity contribution is -0.151. The van der Waals surface area contributed by atoms with Crippen LogP contribution < -0.4 is 0 Å². The number of amides is 1. The quantitative estimate of drug-likeness (QED) is 0.634. The summed E-state index contributed by atoms with van der Waals surface area (Å²) in [4.78, 5) is 30.3. The Labute approximate surface area is 165 Å². The summed E-state index contributed by atoms with van der Waals surface area (Å²) >= 11 is 1.71. The molecule has 2 saturated heterocycles. The maximum absolute atomic E-state index is 12.9. The first kappa shape index (κ1) is 20.3. The Hall–Kier alpha value is -1.44. The zero-order valence-corrected chi connectivity index (χ0v) is 16.9. The number of rotatable bonds is 8. The van der Waals surface area contributed by atoms with E-state index in [1.807, 2.05) is 17.9 Å². The average molecular weight is 395 g/mol. The fourth-order valence-corrected chi connectivity index (χ4v) is 4.58. The summed E-state index contributed by atoms with van der Waals surface area (Å²) in [5, 5.41) is 2.07. The molecule has 2 aliphatic rings. The summed E-state index contributed by atoms with van der Waals surface area (Å²) in [6.45, 7) is 6.13. The first-order chi connectivity index (χ1) is 13.2. The van der Waals surface area contributed by atoms with Crippen LogP contribution in [-0.2, 0) is 25.6 Å². The Bertz CT molecular complexity index is 601. The smallest absolute Gasteiger partial charge is 0.310 e. The number of carbonyl (C=O) groups excluding carboxylic acids is 2. The Morgan fingerprint density at radius 1 is 1.37 bits per heavy atom. The maximum atomic E-state index is 12.9. The minimum Gasteiger partial charge on any atom is -0.466 e. The number of piperidine rings is 1. The van der Waals surface area contributed by atoms with E-state index in [9.17, 15) is 9.59 Å². The van der Waals surface area contributed by atoms with E-state index in [-0.39, 0.29) is 23.9 Å². The Morgan fingerprint density at radius 2 is 2.26 bits per heavy atom. The molecular weight excluding hydrogens is 364 g/mol. The third-order valence-electron chi connectivity index (χ3n) is 5.20. The minimum absolute atomic E-state index is 0.0959. The van der Waals surface area contributed by atoms with Crippen molar-refractivity contribution in [2.24, 2.45) is 5.92 Å². The van der Waals surface area contributed by atoms with Crippen LogP contribution in [0.15, 0.2) is 17.5 Å². The fraction of sp³-hybridized carbons (Fsp3) is 0.700. The zero-order valence-electron chi connectivity index (χ0n) is 16.1. The summed E-state index contributed by atoms with van der Waals surface area (Å²) in [5.41, 5.74) is 0. The van der Waals surface area contributed by atoms with Gasteiger partial charge in [-0.2, -0.15) is 0 Å². The number of ether oxygens (including phenoxy) is 2. The van der Waals surface area contributed by atoms with Crippen molar-refractivity contribution < 1.29 is 19.1 Å². The second-order valence-electron chi connectivity index (χ2n) is 7.31. The molecule has 2 unspecified atom stereocenters. The summed E-state index contributed by atoms with van der Waals surface area (Å²) < 4.78 is 10.9. The molecular formula is C20H30N2O4S. The lowest BCUT2D eigenvalue weighted by Gasteiger charge is -2.33. The van der Waals surface area contributed by atoms with Gasteiger partial charge in [-0.25, -0.2) is 0 Å². The second-order valence-corrected chi connectivity index (χ2v) is 8.35. The predicted octanol–water partition coefficient (Wildman–Crippen LogP) is 2.53. The van der Waals surface area contributed by atoms with Crippen LogP contribution in [-0.4, -0.2) is 67.2 Å². The van der Waals surface area contributed by atoms with Crippen molar-refractivity contribution >= 4 is 23.2 Å². The van der Waals surface area contributed by atoms with E-state index in [4.69, 9.17) is 9.47 Å². The van der Waals surface area contributed by atoms with Crippen LogP contribution in [0.3, 0.4) is 0 Å². The highest BCUT2D eigenvalue weighted by atomic mass is 32.1. The van der Waals surface area contributed by atoms with Gasteiger partial charge in [0.2, 0.25) is 5.91 Å². The van der Waals surface area contributed by atoms with Gasteiger partial charge in [-0.05, 0) is 44.1 Å². The highest BCUT2D eigenvalue weighted by Gasteiger charge is 2.30. The largest absolute Gasteiger partial charge is 0.466 e. The lowest BCUT2D eigenvalue weighted by Crippen LogP contribution is -2.47. The van der Waals surface area contributed by atoms with Crippen molar-refractivity contribution in [1.82, 2.24) is 9.80 Å². The lowest BCUT2D eigenvalue weighted by atomic mass is 9.98. The molecule has 0 N–H and O–H groups in total. The third kappa shape index (κ3) is 6.02. The molecule has 6 nitrogen and oxygen atoms in total. The van der Waals surface area contributed by atoms with Crippen molar-refractivity contribution in [3.8, 4) is 0 Å². The monoisotopic (exact) mass is 394 g/mol.